The number of alkyl halides is 10. The normalized spacial score (nSPS) is 13.8. The van der Waals surface area contributed by atoms with Crippen LogP contribution in [0.3, 0.4) is 0 Å². The molecule has 0 bridgehead atoms. The van der Waals surface area contributed by atoms with Crippen molar-refractivity contribution in [2.45, 2.75) is 24.4 Å². The van der Waals surface area contributed by atoms with Gasteiger partial charge in [0.2, 0.25) is 5.78 Å². The Labute approximate surface area is 134 Å². The van der Waals surface area contributed by atoms with Gasteiger partial charge in [-0.25, -0.2) is 0 Å². The highest BCUT2D eigenvalue weighted by atomic mass is 79.9. The standard InChI is InChI=1S/C11H3BrF10O2/c12-4-1-2-5(6(3-4)24-11(20,21)22)7(23)8(13,14)9(15,16)10(17,18)19/h1-3H. The first-order chi connectivity index (χ1) is 10.5. The van der Waals surface area contributed by atoms with Gasteiger partial charge in [0.1, 0.15) is 5.75 Å². The third kappa shape index (κ3) is 3.92. The highest BCUT2D eigenvalue weighted by molar-refractivity contribution is 9.10. The highest BCUT2D eigenvalue weighted by Gasteiger charge is 2.76. The average molecular weight is 437 g/mol. The van der Waals surface area contributed by atoms with Crippen LogP contribution in [0.15, 0.2) is 22.7 Å². The van der Waals surface area contributed by atoms with Gasteiger partial charge in [-0.2, -0.15) is 30.7 Å². The van der Waals surface area contributed by atoms with Crippen LogP contribution in [0, 0.1) is 0 Å². The summed E-state index contributed by atoms with van der Waals surface area (Å²) in [5.41, 5.74) is -1.80. The van der Waals surface area contributed by atoms with E-state index in [4.69, 9.17) is 0 Å². The van der Waals surface area contributed by atoms with Gasteiger partial charge in [0.25, 0.3) is 0 Å². The summed E-state index contributed by atoms with van der Waals surface area (Å²) in [6, 6.07) is 1.18. The molecule has 0 saturated heterocycles. The monoisotopic (exact) mass is 436 g/mol. The first-order valence-electron chi connectivity index (χ1n) is 5.43. The number of hydrogen-bond donors (Lipinski definition) is 0. The third-order valence-corrected chi connectivity index (χ3v) is 2.94. The Kier molecular flexibility index (Phi) is 5.20. The second-order valence-electron chi connectivity index (χ2n) is 4.16. The minimum Gasteiger partial charge on any atom is -0.405 e. The van der Waals surface area contributed by atoms with E-state index in [-0.39, 0.29) is 10.5 Å². The number of hydrogen-bond acceptors (Lipinski definition) is 2. The average Bonchev–Trinajstić information content (AvgIpc) is 2.34. The van der Waals surface area contributed by atoms with E-state index in [1.165, 1.54) is 0 Å². The molecule has 0 amide bonds. The van der Waals surface area contributed by atoms with Crippen molar-refractivity contribution in [2.75, 3.05) is 0 Å². The molecule has 0 aliphatic carbocycles. The molecule has 0 saturated carbocycles. The van der Waals surface area contributed by atoms with Gasteiger partial charge in [0.15, 0.2) is 0 Å². The molecule has 0 heterocycles. The Morgan fingerprint density at radius 3 is 1.83 bits per heavy atom. The smallest absolute Gasteiger partial charge is 0.405 e. The summed E-state index contributed by atoms with van der Waals surface area (Å²) in [6.07, 6.45) is -12.3. The number of carbonyl (C=O) groups is 1. The number of benzene rings is 1. The van der Waals surface area contributed by atoms with Gasteiger partial charge in [-0.05, 0) is 18.2 Å². The van der Waals surface area contributed by atoms with E-state index in [1.807, 2.05) is 0 Å². The Hall–Kier alpha value is -1.53. The molecule has 2 nitrogen and oxygen atoms in total. The first kappa shape index (κ1) is 20.5. The largest absolute Gasteiger partial charge is 0.573 e. The van der Waals surface area contributed by atoms with Crippen molar-refractivity contribution in [3.63, 3.8) is 0 Å². The second-order valence-corrected chi connectivity index (χ2v) is 5.08. The summed E-state index contributed by atoms with van der Waals surface area (Å²) >= 11 is 2.60. The number of ketones is 1. The van der Waals surface area contributed by atoms with Gasteiger partial charge in [-0.3, -0.25) is 4.79 Å². The van der Waals surface area contributed by atoms with Gasteiger partial charge in [0.05, 0.1) is 5.56 Å². The lowest BCUT2D eigenvalue weighted by Gasteiger charge is -2.27. The summed E-state index contributed by atoms with van der Waals surface area (Å²) in [6.45, 7) is 0. The van der Waals surface area contributed by atoms with Crippen LogP contribution < -0.4 is 4.74 Å². The second kappa shape index (κ2) is 6.08. The number of carbonyl (C=O) groups excluding carboxylic acids is 1. The molecule has 0 radical (unpaired) electrons. The molecule has 1 rings (SSSR count). The molecule has 0 atom stereocenters. The van der Waals surface area contributed by atoms with E-state index in [9.17, 15) is 48.7 Å². The van der Waals surface area contributed by atoms with Gasteiger partial charge >= 0.3 is 24.4 Å². The molecule has 1 aromatic carbocycles. The van der Waals surface area contributed by atoms with Crippen LogP contribution in [0.1, 0.15) is 10.4 Å². The van der Waals surface area contributed by atoms with Gasteiger partial charge < -0.3 is 4.74 Å². The molecule has 1 aromatic rings. The van der Waals surface area contributed by atoms with Crippen LogP contribution >= 0.6 is 15.9 Å². The Bertz CT molecular complexity index is 635. The van der Waals surface area contributed by atoms with Crippen LogP contribution in [0.5, 0.6) is 5.75 Å². The predicted octanol–water partition coefficient (Wildman–Crippen LogP) is 5.36. The van der Waals surface area contributed by atoms with Crippen molar-refractivity contribution < 1.29 is 53.4 Å². The fraction of sp³-hybridized carbons (Fsp3) is 0.364. The van der Waals surface area contributed by atoms with Crippen LogP contribution in [-0.4, -0.2) is 30.2 Å². The minimum absolute atomic E-state index is 0.188. The van der Waals surface area contributed by atoms with Crippen LogP contribution in [0.2, 0.25) is 0 Å². The van der Waals surface area contributed by atoms with Gasteiger partial charge in [-0.15, -0.1) is 13.2 Å². The van der Waals surface area contributed by atoms with E-state index < -0.39 is 41.5 Å². The lowest BCUT2D eigenvalue weighted by molar-refractivity contribution is -0.339. The third-order valence-electron chi connectivity index (χ3n) is 2.45. The summed E-state index contributed by atoms with van der Waals surface area (Å²) in [4.78, 5) is 11.4. The zero-order chi connectivity index (χ0) is 19.1. The molecule has 136 valence electrons. The van der Waals surface area contributed by atoms with E-state index in [0.29, 0.717) is 12.1 Å². The lowest BCUT2D eigenvalue weighted by atomic mass is 9.99. The Balaban J connectivity index is 3.43. The fourth-order valence-corrected chi connectivity index (χ4v) is 1.72. The van der Waals surface area contributed by atoms with Crippen molar-refractivity contribution in [1.82, 2.24) is 0 Å². The predicted molar refractivity (Wildman–Crippen MR) is 61.1 cm³/mol. The van der Waals surface area contributed by atoms with E-state index in [2.05, 4.69) is 20.7 Å². The van der Waals surface area contributed by atoms with Crippen LogP contribution in [0.4, 0.5) is 43.9 Å². The molecular formula is C11H3BrF10O2. The zero-order valence-corrected chi connectivity index (χ0v) is 12.3. The highest BCUT2D eigenvalue weighted by Crippen LogP contribution is 2.48. The van der Waals surface area contributed by atoms with E-state index >= 15 is 0 Å². The number of halogens is 11. The number of Topliss-reactive ketones (excluding diaryl/α,β-unsaturated/α-hetero) is 1. The maximum absolute atomic E-state index is 13.3. The van der Waals surface area contributed by atoms with Crippen LogP contribution in [-0.2, 0) is 0 Å². The van der Waals surface area contributed by atoms with Crippen molar-refractivity contribution >= 4 is 21.7 Å². The van der Waals surface area contributed by atoms with Crippen molar-refractivity contribution in [3.8, 4) is 5.75 Å². The summed E-state index contributed by atoms with van der Waals surface area (Å²) in [7, 11) is 0. The zero-order valence-electron chi connectivity index (χ0n) is 10.7. The summed E-state index contributed by atoms with van der Waals surface area (Å²) in [5, 5.41) is 0. The maximum Gasteiger partial charge on any atom is 0.573 e. The molecule has 0 N–H and O–H groups in total. The first-order valence-corrected chi connectivity index (χ1v) is 6.22. The molecule has 0 aliphatic heterocycles. The topological polar surface area (TPSA) is 26.3 Å². The number of ether oxygens (including phenoxy) is 1. The molecular weight excluding hydrogens is 434 g/mol. The summed E-state index contributed by atoms with van der Waals surface area (Å²) < 4.78 is 128. The lowest BCUT2D eigenvalue weighted by Crippen LogP contribution is -2.56. The number of rotatable bonds is 4. The minimum atomic E-state index is -6.81. The fourth-order valence-electron chi connectivity index (χ4n) is 1.38. The molecule has 0 fully saturated rings. The van der Waals surface area contributed by atoms with E-state index in [0.717, 1.165) is 0 Å². The SMILES string of the molecule is O=C(c1ccc(Br)cc1OC(F)(F)F)C(F)(F)C(F)(F)C(F)(F)F. The van der Waals surface area contributed by atoms with Crippen LogP contribution in [0.25, 0.3) is 0 Å². The van der Waals surface area contributed by atoms with Gasteiger partial charge in [-0.1, -0.05) is 15.9 Å². The van der Waals surface area contributed by atoms with Crippen molar-refractivity contribution in [1.29, 1.82) is 0 Å². The van der Waals surface area contributed by atoms with Gasteiger partial charge in [0, 0.05) is 4.47 Å². The molecule has 0 aromatic heterocycles. The van der Waals surface area contributed by atoms with E-state index in [1.54, 1.807) is 0 Å². The maximum atomic E-state index is 13.3. The molecule has 24 heavy (non-hydrogen) atoms. The Morgan fingerprint density at radius 2 is 1.42 bits per heavy atom. The molecule has 0 spiro atoms. The molecule has 13 heteroatoms. The molecule has 0 aliphatic rings. The Morgan fingerprint density at radius 1 is 0.917 bits per heavy atom. The van der Waals surface area contributed by atoms with Crippen molar-refractivity contribution in [3.05, 3.63) is 28.2 Å². The summed E-state index contributed by atoms with van der Waals surface area (Å²) in [5.74, 6) is -18.0. The molecule has 0 unspecified atom stereocenters. The quantitative estimate of drug-likeness (QED) is 0.469. The van der Waals surface area contributed by atoms with Crippen molar-refractivity contribution in [2.24, 2.45) is 0 Å².